The molecule has 2 aromatic heterocycles. The molecule has 0 amide bonds. The van der Waals surface area contributed by atoms with Crippen molar-refractivity contribution in [3.05, 3.63) is 35.7 Å². The molecule has 0 atom stereocenters. The molecule has 9 heteroatoms. The topological polar surface area (TPSA) is 55.6 Å². The fourth-order valence-electron chi connectivity index (χ4n) is 1.28. The predicted molar refractivity (Wildman–Crippen MR) is 52.4 cm³/mol. The van der Waals surface area contributed by atoms with E-state index in [1.165, 1.54) is 10.9 Å². The van der Waals surface area contributed by atoms with Gasteiger partial charge in [0.1, 0.15) is 12.0 Å². The maximum absolute atomic E-state index is 13.2. The molecule has 0 saturated carbocycles. The van der Waals surface area contributed by atoms with E-state index in [9.17, 15) is 17.6 Å². The Labute approximate surface area is 98.5 Å². The first-order chi connectivity index (χ1) is 8.50. The van der Waals surface area contributed by atoms with Crippen LogP contribution in [0, 0.1) is 23.5 Å². The maximum atomic E-state index is 13.2. The van der Waals surface area contributed by atoms with Gasteiger partial charge >= 0.3 is 0 Å². The van der Waals surface area contributed by atoms with Crippen LogP contribution >= 0.6 is 0 Å². The highest BCUT2D eigenvalue weighted by Gasteiger charge is 2.20. The van der Waals surface area contributed by atoms with Crippen LogP contribution in [0.25, 0.3) is 0 Å². The molecule has 0 spiro atoms. The lowest BCUT2D eigenvalue weighted by Gasteiger charge is -2.08. The van der Waals surface area contributed by atoms with Gasteiger partial charge in [-0.25, -0.2) is 0 Å². The third-order valence-corrected chi connectivity index (χ3v) is 2.23. The zero-order chi connectivity index (χ0) is 13.3. The van der Waals surface area contributed by atoms with Crippen molar-refractivity contribution in [2.24, 2.45) is 7.05 Å². The Morgan fingerprint density at radius 2 is 1.78 bits per heavy atom. The molecule has 0 unspecified atom stereocenters. The van der Waals surface area contributed by atoms with Crippen LogP contribution in [0.5, 0.6) is 0 Å². The number of aromatic nitrogens is 4. The van der Waals surface area contributed by atoms with Gasteiger partial charge in [-0.2, -0.15) is 22.5 Å². The normalized spacial score (nSPS) is 10.7. The minimum atomic E-state index is -1.71. The van der Waals surface area contributed by atoms with Crippen molar-refractivity contribution in [3.63, 3.8) is 0 Å². The van der Waals surface area contributed by atoms with Crippen molar-refractivity contribution >= 4 is 5.69 Å². The van der Waals surface area contributed by atoms with E-state index in [2.05, 4.69) is 20.5 Å². The number of hydrogen-bond donors (Lipinski definition) is 1. The zero-order valence-corrected chi connectivity index (χ0v) is 9.09. The second kappa shape index (κ2) is 4.59. The second-order valence-corrected chi connectivity index (χ2v) is 3.41. The third-order valence-electron chi connectivity index (χ3n) is 2.23. The van der Waals surface area contributed by atoms with E-state index < -0.39 is 29.2 Å². The maximum Gasteiger partial charge on any atom is 0.253 e. The van der Waals surface area contributed by atoms with E-state index in [1.54, 1.807) is 7.05 Å². The number of aryl methyl sites for hydroxylation is 1. The molecule has 2 heterocycles. The Morgan fingerprint density at radius 1 is 1.17 bits per heavy atom. The molecular weight excluding hydrogens is 254 g/mol. The average Bonchev–Trinajstić information content (AvgIpc) is 2.73. The van der Waals surface area contributed by atoms with Crippen molar-refractivity contribution in [3.8, 4) is 0 Å². The van der Waals surface area contributed by atoms with E-state index in [-0.39, 0.29) is 6.54 Å². The summed E-state index contributed by atoms with van der Waals surface area (Å²) in [5.41, 5.74) is -0.928. The van der Waals surface area contributed by atoms with Crippen molar-refractivity contribution in [1.29, 1.82) is 0 Å². The summed E-state index contributed by atoms with van der Waals surface area (Å²) in [6.07, 6.45) is 1.37. The number of pyridine rings is 1. The summed E-state index contributed by atoms with van der Waals surface area (Å²) < 4.78 is 53.5. The van der Waals surface area contributed by atoms with Gasteiger partial charge in [-0.15, -0.1) is 10.2 Å². The molecule has 0 aromatic carbocycles. The summed E-state index contributed by atoms with van der Waals surface area (Å²) in [6, 6.07) is 0. The van der Waals surface area contributed by atoms with Crippen LogP contribution < -0.4 is 5.32 Å². The van der Waals surface area contributed by atoms with E-state index >= 15 is 0 Å². The quantitative estimate of drug-likeness (QED) is 0.670. The van der Waals surface area contributed by atoms with Crippen molar-refractivity contribution in [2.75, 3.05) is 5.32 Å². The summed E-state index contributed by atoms with van der Waals surface area (Å²) in [4.78, 5) is 2.44. The first kappa shape index (κ1) is 12.3. The van der Waals surface area contributed by atoms with E-state index in [0.717, 1.165) is 0 Å². The van der Waals surface area contributed by atoms with E-state index in [1.807, 2.05) is 0 Å². The van der Waals surface area contributed by atoms with E-state index in [0.29, 0.717) is 5.82 Å². The number of nitrogens with zero attached hydrogens (tertiary/aromatic N) is 4. The number of nitrogens with one attached hydrogen (secondary N) is 1. The van der Waals surface area contributed by atoms with Crippen LogP contribution in [-0.2, 0) is 13.6 Å². The summed E-state index contributed by atoms with van der Waals surface area (Å²) >= 11 is 0. The molecule has 1 N–H and O–H groups in total. The first-order valence-corrected chi connectivity index (χ1v) is 4.77. The van der Waals surface area contributed by atoms with Crippen LogP contribution in [0.1, 0.15) is 5.82 Å². The molecule has 0 radical (unpaired) electrons. The van der Waals surface area contributed by atoms with Gasteiger partial charge < -0.3 is 9.88 Å². The van der Waals surface area contributed by atoms with Gasteiger partial charge in [0.05, 0.1) is 6.54 Å². The summed E-state index contributed by atoms with van der Waals surface area (Å²) in [5, 5.41) is 9.39. The highest BCUT2D eigenvalue weighted by molar-refractivity contribution is 5.45. The van der Waals surface area contributed by atoms with E-state index in [4.69, 9.17) is 0 Å². The molecule has 18 heavy (non-hydrogen) atoms. The molecule has 96 valence electrons. The van der Waals surface area contributed by atoms with Crippen molar-refractivity contribution in [1.82, 2.24) is 19.7 Å². The lowest BCUT2D eigenvalue weighted by atomic mass is 10.3. The van der Waals surface area contributed by atoms with Crippen LogP contribution in [0.4, 0.5) is 23.2 Å². The number of anilines is 1. The predicted octanol–water partition coefficient (Wildman–Crippen LogP) is 1.38. The Bertz CT molecular complexity index is 556. The number of rotatable bonds is 3. The Hall–Kier alpha value is -2.19. The zero-order valence-electron chi connectivity index (χ0n) is 9.09. The van der Waals surface area contributed by atoms with Gasteiger partial charge in [0, 0.05) is 7.05 Å². The molecule has 0 bridgehead atoms. The second-order valence-electron chi connectivity index (χ2n) is 3.41. The molecule has 0 saturated heterocycles. The van der Waals surface area contributed by atoms with Gasteiger partial charge in [-0.05, 0) is 0 Å². The number of halogens is 4. The van der Waals surface area contributed by atoms with Crippen molar-refractivity contribution in [2.45, 2.75) is 6.54 Å². The smallest absolute Gasteiger partial charge is 0.253 e. The molecule has 0 aliphatic heterocycles. The van der Waals surface area contributed by atoms with Crippen LogP contribution in [0.2, 0.25) is 0 Å². The van der Waals surface area contributed by atoms with Crippen LogP contribution in [0.15, 0.2) is 6.33 Å². The third kappa shape index (κ3) is 2.11. The summed E-state index contributed by atoms with van der Waals surface area (Å²) in [6.45, 7) is -0.146. The Morgan fingerprint density at radius 3 is 2.28 bits per heavy atom. The highest BCUT2D eigenvalue weighted by atomic mass is 19.2. The molecule has 2 rings (SSSR count). The minimum Gasteiger partial charge on any atom is -0.373 e. The highest BCUT2D eigenvalue weighted by Crippen LogP contribution is 2.22. The van der Waals surface area contributed by atoms with Gasteiger partial charge in [-0.1, -0.05) is 0 Å². The first-order valence-electron chi connectivity index (χ1n) is 4.77. The van der Waals surface area contributed by atoms with Crippen LogP contribution in [-0.4, -0.2) is 19.7 Å². The molecule has 0 aliphatic rings. The SMILES string of the molecule is Cn1cnnc1CNc1c(F)c(F)nc(F)c1F. The van der Waals surface area contributed by atoms with Gasteiger partial charge in [0.15, 0.2) is 5.82 Å². The standard InChI is InChI=1S/C9H7F4N5/c1-18-3-15-17-4(18)2-14-7-5(10)8(12)16-9(13)6(7)11/h3H,2H2,1H3,(H,14,16). The largest absolute Gasteiger partial charge is 0.373 e. The molecule has 0 aliphatic carbocycles. The molecule has 0 fully saturated rings. The van der Waals surface area contributed by atoms with Crippen molar-refractivity contribution < 1.29 is 17.6 Å². The Balaban J connectivity index is 2.27. The van der Waals surface area contributed by atoms with Gasteiger partial charge in [0.2, 0.25) is 11.6 Å². The molecule has 5 nitrogen and oxygen atoms in total. The fourth-order valence-corrected chi connectivity index (χ4v) is 1.28. The lowest BCUT2D eigenvalue weighted by Crippen LogP contribution is -2.11. The lowest BCUT2D eigenvalue weighted by molar-refractivity contribution is 0.410. The van der Waals surface area contributed by atoms with Gasteiger partial charge in [-0.3, -0.25) is 0 Å². The van der Waals surface area contributed by atoms with Gasteiger partial charge in [0.25, 0.3) is 11.9 Å². The fraction of sp³-hybridized carbons (Fsp3) is 0.222. The summed E-state index contributed by atoms with van der Waals surface area (Å²) in [5.74, 6) is -6.26. The van der Waals surface area contributed by atoms with Crippen LogP contribution in [0.3, 0.4) is 0 Å². The summed E-state index contributed by atoms with van der Waals surface area (Å²) in [7, 11) is 1.61. The Kier molecular flexibility index (Phi) is 3.13. The number of hydrogen-bond acceptors (Lipinski definition) is 4. The monoisotopic (exact) mass is 261 g/mol. The molecule has 2 aromatic rings. The minimum absolute atomic E-state index is 0.146. The average molecular weight is 261 g/mol. The molecular formula is C9H7F4N5.